The van der Waals surface area contributed by atoms with E-state index in [0.29, 0.717) is 26.1 Å². The Morgan fingerprint density at radius 1 is 1.09 bits per heavy atom. The highest BCUT2D eigenvalue weighted by Gasteiger charge is 2.34. The van der Waals surface area contributed by atoms with Crippen LogP contribution in [0.4, 0.5) is 0 Å². The Bertz CT molecular complexity index is 975. The Morgan fingerprint density at radius 3 is 2.60 bits per heavy atom. The standard InChI is InChI=1S/C29H41N3O2S/c1-4-6-10-23(5-2)29(34)32-19-18-31(21-22(32)3)27(33)14-17-30-16-13-26-25(15-20-35-26)28(30)24-11-8-7-9-12-24/h7-9,11-12,15,20,22-23,28H,4-6,10,13-14,16-19,21H2,1-3H3/t22-,23+,28+/m1/s1. The third-order valence-corrected chi connectivity index (χ3v) is 8.80. The van der Waals surface area contributed by atoms with E-state index in [4.69, 9.17) is 0 Å². The maximum Gasteiger partial charge on any atom is 0.226 e. The molecule has 2 aliphatic rings. The average Bonchev–Trinajstić information content (AvgIpc) is 3.36. The molecule has 2 amide bonds. The molecular formula is C29H41N3O2S. The maximum absolute atomic E-state index is 13.2. The Morgan fingerprint density at radius 2 is 1.89 bits per heavy atom. The number of carbonyl (C=O) groups is 2. The van der Waals surface area contributed by atoms with Crippen LogP contribution < -0.4 is 0 Å². The molecule has 190 valence electrons. The van der Waals surface area contributed by atoms with E-state index < -0.39 is 0 Å². The molecule has 1 saturated heterocycles. The van der Waals surface area contributed by atoms with Gasteiger partial charge in [-0.15, -0.1) is 11.3 Å². The first kappa shape index (κ1) is 25.9. The van der Waals surface area contributed by atoms with Crippen LogP contribution in [0, 0.1) is 5.92 Å². The monoisotopic (exact) mass is 495 g/mol. The zero-order chi connectivity index (χ0) is 24.8. The van der Waals surface area contributed by atoms with Crippen LogP contribution in [-0.2, 0) is 16.0 Å². The molecule has 0 saturated carbocycles. The summed E-state index contributed by atoms with van der Waals surface area (Å²) < 4.78 is 0. The zero-order valence-electron chi connectivity index (χ0n) is 21.6. The topological polar surface area (TPSA) is 43.9 Å². The number of benzene rings is 1. The lowest BCUT2D eigenvalue weighted by atomic mass is 9.93. The van der Waals surface area contributed by atoms with E-state index >= 15 is 0 Å². The molecule has 1 fully saturated rings. The summed E-state index contributed by atoms with van der Waals surface area (Å²) in [6, 6.07) is 13.2. The third kappa shape index (κ3) is 5.97. The number of carbonyl (C=O) groups excluding carboxylic acids is 2. The van der Waals surface area contributed by atoms with E-state index in [1.165, 1.54) is 16.0 Å². The normalized spacial score (nSPS) is 21.6. The summed E-state index contributed by atoms with van der Waals surface area (Å²) >= 11 is 1.85. The molecule has 4 rings (SSSR count). The molecule has 3 atom stereocenters. The van der Waals surface area contributed by atoms with Crippen LogP contribution >= 0.6 is 11.3 Å². The van der Waals surface area contributed by atoms with Crippen molar-refractivity contribution in [1.82, 2.24) is 14.7 Å². The molecule has 0 bridgehead atoms. The molecule has 2 aromatic rings. The van der Waals surface area contributed by atoms with Gasteiger partial charge in [0.15, 0.2) is 0 Å². The van der Waals surface area contributed by atoms with Crippen LogP contribution in [-0.4, -0.2) is 65.3 Å². The number of unbranched alkanes of at least 4 members (excludes halogenated alkanes) is 1. The van der Waals surface area contributed by atoms with Gasteiger partial charge in [0.2, 0.25) is 11.8 Å². The fourth-order valence-corrected chi connectivity index (χ4v) is 6.63. The van der Waals surface area contributed by atoms with Crippen molar-refractivity contribution in [2.24, 2.45) is 5.92 Å². The minimum absolute atomic E-state index is 0.0799. The van der Waals surface area contributed by atoms with Crippen molar-refractivity contribution in [2.45, 2.75) is 71.4 Å². The van der Waals surface area contributed by atoms with E-state index in [-0.39, 0.29) is 29.8 Å². The summed E-state index contributed by atoms with van der Waals surface area (Å²) in [5, 5.41) is 2.20. The van der Waals surface area contributed by atoms with Gasteiger partial charge in [0, 0.05) is 56.0 Å². The molecule has 1 aromatic carbocycles. The number of fused-ring (bicyclic) bond motifs is 1. The van der Waals surface area contributed by atoms with Crippen LogP contribution in [0.25, 0.3) is 0 Å². The fraction of sp³-hybridized carbons (Fsp3) is 0.586. The van der Waals surface area contributed by atoms with Crippen molar-refractivity contribution >= 4 is 23.2 Å². The minimum atomic E-state index is 0.0799. The van der Waals surface area contributed by atoms with Crippen molar-refractivity contribution in [3.63, 3.8) is 0 Å². The first-order valence-electron chi connectivity index (χ1n) is 13.5. The largest absolute Gasteiger partial charge is 0.339 e. The van der Waals surface area contributed by atoms with Crippen molar-refractivity contribution in [2.75, 3.05) is 32.7 Å². The second-order valence-corrected chi connectivity index (χ2v) is 11.1. The number of thiophene rings is 1. The highest BCUT2D eigenvalue weighted by molar-refractivity contribution is 7.10. The molecule has 2 aliphatic heterocycles. The molecule has 0 N–H and O–H groups in total. The lowest BCUT2D eigenvalue weighted by Crippen LogP contribution is -2.56. The Balaban J connectivity index is 1.35. The second kappa shape index (κ2) is 12.2. The molecule has 3 heterocycles. The summed E-state index contributed by atoms with van der Waals surface area (Å²) in [5.74, 6) is 0.617. The van der Waals surface area contributed by atoms with Gasteiger partial charge in [-0.1, -0.05) is 57.0 Å². The molecule has 5 nitrogen and oxygen atoms in total. The van der Waals surface area contributed by atoms with Gasteiger partial charge in [-0.25, -0.2) is 0 Å². The molecule has 0 aliphatic carbocycles. The van der Waals surface area contributed by atoms with Gasteiger partial charge in [-0.3, -0.25) is 14.5 Å². The van der Waals surface area contributed by atoms with Crippen LogP contribution in [0.3, 0.4) is 0 Å². The van der Waals surface area contributed by atoms with Gasteiger partial charge < -0.3 is 9.80 Å². The zero-order valence-corrected chi connectivity index (χ0v) is 22.4. The smallest absolute Gasteiger partial charge is 0.226 e. The van der Waals surface area contributed by atoms with E-state index in [9.17, 15) is 9.59 Å². The van der Waals surface area contributed by atoms with Gasteiger partial charge in [0.05, 0.1) is 6.04 Å². The number of nitrogens with zero attached hydrogens (tertiary/aromatic N) is 3. The van der Waals surface area contributed by atoms with E-state index in [2.05, 4.69) is 67.4 Å². The minimum Gasteiger partial charge on any atom is -0.339 e. The van der Waals surface area contributed by atoms with Gasteiger partial charge in [0.25, 0.3) is 0 Å². The van der Waals surface area contributed by atoms with Gasteiger partial charge in [-0.05, 0) is 48.8 Å². The van der Waals surface area contributed by atoms with E-state index in [0.717, 1.165) is 45.2 Å². The van der Waals surface area contributed by atoms with Gasteiger partial charge in [-0.2, -0.15) is 0 Å². The molecule has 0 spiro atoms. The van der Waals surface area contributed by atoms with Crippen molar-refractivity contribution in [3.8, 4) is 0 Å². The van der Waals surface area contributed by atoms with E-state index in [1.54, 1.807) is 0 Å². The quantitative estimate of drug-likeness (QED) is 0.470. The van der Waals surface area contributed by atoms with Crippen LogP contribution in [0.2, 0.25) is 0 Å². The second-order valence-electron chi connectivity index (χ2n) is 10.1. The van der Waals surface area contributed by atoms with Crippen molar-refractivity contribution in [1.29, 1.82) is 0 Å². The predicted molar refractivity (Wildman–Crippen MR) is 144 cm³/mol. The molecule has 1 aromatic heterocycles. The van der Waals surface area contributed by atoms with Crippen LogP contribution in [0.5, 0.6) is 0 Å². The predicted octanol–water partition coefficient (Wildman–Crippen LogP) is 5.36. The number of piperazine rings is 1. The molecule has 6 heteroatoms. The highest BCUT2D eigenvalue weighted by Crippen LogP contribution is 2.37. The fourth-order valence-electron chi connectivity index (χ4n) is 5.73. The number of hydrogen-bond acceptors (Lipinski definition) is 4. The summed E-state index contributed by atoms with van der Waals surface area (Å²) in [7, 11) is 0. The molecule has 0 unspecified atom stereocenters. The summed E-state index contributed by atoms with van der Waals surface area (Å²) in [6.07, 6.45) is 5.68. The highest BCUT2D eigenvalue weighted by atomic mass is 32.1. The summed E-state index contributed by atoms with van der Waals surface area (Å²) in [4.78, 5) is 34.3. The number of rotatable bonds is 9. The Labute approximate surface area is 215 Å². The van der Waals surface area contributed by atoms with Crippen molar-refractivity contribution in [3.05, 3.63) is 57.8 Å². The Kier molecular flexibility index (Phi) is 9.01. The third-order valence-electron chi connectivity index (χ3n) is 7.81. The van der Waals surface area contributed by atoms with E-state index in [1.807, 2.05) is 21.1 Å². The molecule has 0 radical (unpaired) electrons. The van der Waals surface area contributed by atoms with Crippen molar-refractivity contribution < 1.29 is 9.59 Å². The lowest BCUT2D eigenvalue weighted by Gasteiger charge is -2.42. The van der Waals surface area contributed by atoms with Gasteiger partial charge in [0.1, 0.15) is 0 Å². The first-order chi connectivity index (χ1) is 17.0. The maximum atomic E-state index is 13.2. The average molecular weight is 496 g/mol. The molecule has 35 heavy (non-hydrogen) atoms. The van der Waals surface area contributed by atoms with Crippen LogP contribution in [0.1, 0.15) is 74.9 Å². The number of hydrogen-bond donors (Lipinski definition) is 0. The molecular weight excluding hydrogens is 454 g/mol. The lowest BCUT2D eigenvalue weighted by molar-refractivity contribution is -0.145. The summed E-state index contributed by atoms with van der Waals surface area (Å²) in [6.45, 7) is 10.1. The first-order valence-corrected chi connectivity index (χ1v) is 14.3. The summed E-state index contributed by atoms with van der Waals surface area (Å²) in [5.41, 5.74) is 2.70. The number of amides is 2. The SMILES string of the molecule is CCCC[C@H](CC)C(=O)N1CCN(C(=O)CCN2CCc3sccc3[C@@H]2c2ccccc2)C[C@H]1C. The van der Waals surface area contributed by atoms with Crippen LogP contribution in [0.15, 0.2) is 41.8 Å². The van der Waals surface area contributed by atoms with Gasteiger partial charge >= 0.3 is 0 Å². The Hall–Kier alpha value is -2.18.